The van der Waals surface area contributed by atoms with Gasteiger partial charge in [0.1, 0.15) is 11.9 Å². The number of rotatable bonds is 5. The first-order chi connectivity index (χ1) is 14.0. The number of hydrogen-bond acceptors (Lipinski definition) is 4. The number of nitrogens with one attached hydrogen (secondary N) is 1. The number of fused-ring (bicyclic) bond motifs is 1. The number of carbonyl (C=O) groups excluding carboxylic acids is 2. The number of ether oxygens (including phenoxy) is 1. The number of imidazole rings is 1. The minimum absolute atomic E-state index is 0.291. The molecule has 29 heavy (non-hydrogen) atoms. The van der Waals surface area contributed by atoms with Crippen LogP contribution in [0.2, 0.25) is 0 Å². The van der Waals surface area contributed by atoms with Crippen molar-refractivity contribution in [3.63, 3.8) is 0 Å². The van der Waals surface area contributed by atoms with Crippen LogP contribution in [0.4, 0.5) is 15.1 Å². The SMILES string of the molecule is Cn1c(NC(=O)[C@H](Cc2ccccc2)N2CCCOC2=O)nc2cc(F)ccc21. The van der Waals surface area contributed by atoms with Crippen LogP contribution in [0, 0.1) is 5.82 Å². The Hall–Kier alpha value is -3.42. The van der Waals surface area contributed by atoms with Gasteiger partial charge in [-0.15, -0.1) is 0 Å². The van der Waals surface area contributed by atoms with E-state index in [2.05, 4.69) is 10.3 Å². The van der Waals surface area contributed by atoms with E-state index in [1.54, 1.807) is 17.7 Å². The Kier molecular flexibility index (Phi) is 5.16. The van der Waals surface area contributed by atoms with Gasteiger partial charge in [-0.2, -0.15) is 0 Å². The van der Waals surface area contributed by atoms with Gasteiger partial charge in [0.05, 0.1) is 17.6 Å². The van der Waals surface area contributed by atoms with Crippen molar-refractivity contribution < 1.29 is 18.7 Å². The van der Waals surface area contributed by atoms with Crippen LogP contribution in [0.15, 0.2) is 48.5 Å². The summed E-state index contributed by atoms with van der Waals surface area (Å²) in [7, 11) is 1.74. The molecule has 1 saturated heterocycles. The summed E-state index contributed by atoms with van der Waals surface area (Å²) in [6.45, 7) is 0.794. The van der Waals surface area contributed by atoms with E-state index < -0.39 is 18.0 Å². The standard InChI is InChI=1S/C21H21FN4O3/c1-25-17-9-8-15(22)13-16(17)23-20(25)24-19(27)18(12-14-6-3-2-4-7-14)26-10-5-11-29-21(26)28/h2-4,6-9,13,18H,5,10-12H2,1H3,(H,23,24,27)/t18-/m0/s1. The summed E-state index contributed by atoms with van der Waals surface area (Å²) in [6, 6.07) is 13.0. The van der Waals surface area contributed by atoms with E-state index in [4.69, 9.17) is 4.74 Å². The molecule has 0 radical (unpaired) electrons. The molecule has 8 heteroatoms. The third kappa shape index (κ3) is 3.91. The summed E-state index contributed by atoms with van der Waals surface area (Å²) in [5.74, 6) is -0.475. The number of amides is 2. The van der Waals surface area contributed by atoms with Crippen molar-refractivity contribution in [2.45, 2.75) is 18.9 Å². The van der Waals surface area contributed by atoms with E-state index in [0.717, 1.165) is 5.56 Å². The summed E-state index contributed by atoms with van der Waals surface area (Å²) in [5, 5.41) is 2.80. The molecule has 2 amide bonds. The fourth-order valence-electron chi connectivity index (χ4n) is 3.51. The topological polar surface area (TPSA) is 76.5 Å². The molecule has 1 aromatic heterocycles. The Bertz CT molecular complexity index is 1050. The zero-order valence-corrected chi connectivity index (χ0v) is 16.0. The van der Waals surface area contributed by atoms with Gasteiger partial charge < -0.3 is 9.30 Å². The number of carbonyl (C=O) groups is 2. The molecule has 2 heterocycles. The van der Waals surface area contributed by atoms with E-state index >= 15 is 0 Å². The van der Waals surface area contributed by atoms with Crippen molar-refractivity contribution in [1.82, 2.24) is 14.5 Å². The van der Waals surface area contributed by atoms with Gasteiger partial charge >= 0.3 is 6.09 Å². The van der Waals surface area contributed by atoms with E-state index in [1.807, 2.05) is 30.3 Å². The van der Waals surface area contributed by atoms with Gasteiger partial charge in [-0.3, -0.25) is 15.0 Å². The predicted molar refractivity (Wildman–Crippen MR) is 106 cm³/mol. The van der Waals surface area contributed by atoms with Crippen molar-refractivity contribution in [2.24, 2.45) is 7.05 Å². The molecule has 1 fully saturated rings. The van der Waals surface area contributed by atoms with Gasteiger partial charge in [0.15, 0.2) is 0 Å². The second-order valence-electron chi connectivity index (χ2n) is 6.98. The molecular formula is C21H21FN4O3. The summed E-state index contributed by atoms with van der Waals surface area (Å²) in [5.41, 5.74) is 2.07. The van der Waals surface area contributed by atoms with Crippen LogP contribution in [-0.4, -0.2) is 45.6 Å². The van der Waals surface area contributed by atoms with Crippen LogP contribution in [0.3, 0.4) is 0 Å². The highest BCUT2D eigenvalue weighted by Crippen LogP contribution is 2.21. The highest BCUT2D eigenvalue weighted by molar-refractivity contribution is 5.97. The van der Waals surface area contributed by atoms with Gasteiger partial charge in [-0.05, 0) is 24.1 Å². The van der Waals surface area contributed by atoms with E-state index in [-0.39, 0.29) is 5.91 Å². The number of anilines is 1. The number of aromatic nitrogens is 2. The molecule has 0 bridgehead atoms. The van der Waals surface area contributed by atoms with E-state index in [0.29, 0.717) is 43.0 Å². The Labute approximate surface area is 167 Å². The second-order valence-corrected chi connectivity index (χ2v) is 6.98. The molecule has 1 aliphatic rings. The maximum absolute atomic E-state index is 13.5. The first-order valence-corrected chi connectivity index (χ1v) is 9.43. The molecular weight excluding hydrogens is 375 g/mol. The molecule has 0 unspecified atom stereocenters. The van der Waals surface area contributed by atoms with Crippen LogP contribution < -0.4 is 5.32 Å². The monoisotopic (exact) mass is 396 g/mol. The van der Waals surface area contributed by atoms with Crippen molar-refractivity contribution in [3.05, 3.63) is 59.9 Å². The summed E-state index contributed by atoms with van der Waals surface area (Å²) in [4.78, 5) is 31.2. The molecule has 1 aliphatic heterocycles. The lowest BCUT2D eigenvalue weighted by Gasteiger charge is -2.33. The second kappa shape index (κ2) is 7.90. The largest absolute Gasteiger partial charge is 0.449 e. The lowest BCUT2D eigenvalue weighted by molar-refractivity contribution is -0.121. The third-order valence-electron chi connectivity index (χ3n) is 5.03. The molecule has 4 rings (SSSR count). The van der Waals surface area contributed by atoms with Crippen LogP contribution in [0.1, 0.15) is 12.0 Å². The number of aryl methyl sites for hydroxylation is 1. The molecule has 0 saturated carbocycles. The molecule has 2 aromatic carbocycles. The fraction of sp³-hybridized carbons (Fsp3) is 0.286. The lowest BCUT2D eigenvalue weighted by atomic mass is 10.0. The number of nitrogens with zero attached hydrogens (tertiary/aromatic N) is 3. The number of halogens is 1. The third-order valence-corrected chi connectivity index (χ3v) is 5.03. The van der Waals surface area contributed by atoms with Crippen molar-refractivity contribution >= 4 is 29.0 Å². The molecule has 150 valence electrons. The van der Waals surface area contributed by atoms with E-state index in [1.165, 1.54) is 17.0 Å². The smallest absolute Gasteiger partial charge is 0.410 e. The molecule has 1 N–H and O–H groups in total. The first kappa shape index (κ1) is 18.9. The van der Waals surface area contributed by atoms with Crippen molar-refractivity contribution in [3.8, 4) is 0 Å². The summed E-state index contributed by atoms with van der Waals surface area (Å²) in [6.07, 6.45) is 0.510. The Balaban J connectivity index is 1.62. The zero-order valence-electron chi connectivity index (χ0n) is 16.0. The number of hydrogen-bond donors (Lipinski definition) is 1. The summed E-state index contributed by atoms with van der Waals surface area (Å²) >= 11 is 0. The van der Waals surface area contributed by atoms with Gasteiger partial charge in [-0.1, -0.05) is 30.3 Å². The van der Waals surface area contributed by atoms with Gasteiger partial charge in [0.2, 0.25) is 11.9 Å². The minimum atomic E-state index is -0.748. The van der Waals surface area contributed by atoms with Crippen LogP contribution >= 0.6 is 0 Å². The predicted octanol–water partition coefficient (Wildman–Crippen LogP) is 3.10. The summed E-state index contributed by atoms with van der Waals surface area (Å²) < 4.78 is 20.3. The normalized spacial score (nSPS) is 15.2. The highest BCUT2D eigenvalue weighted by atomic mass is 19.1. The average molecular weight is 396 g/mol. The zero-order chi connectivity index (χ0) is 20.4. The van der Waals surface area contributed by atoms with Crippen LogP contribution in [0.5, 0.6) is 0 Å². The Morgan fingerprint density at radius 2 is 2.07 bits per heavy atom. The maximum Gasteiger partial charge on any atom is 0.410 e. The Morgan fingerprint density at radius 1 is 1.28 bits per heavy atom. The van der Waals surface area contributed by atoms with Crippen molar-refractivity contribution in [2.75, 3.05) is 18.5 Å². The molecule has 0 spiro atoms. The molecule has 3 aromatic rings. The maximum atomic E-state index is 13.5. The van der Waals surface area contributed by atoms with Crippen LogP contribution in [-0.2, 0) is 23.0 Å². The first-order valence-electron chi connectivity index (χ1n) is 9.43. The highest BCUT2D eigenvalue weighted by Gasteiger charge is 2.33. The average Bonchev–Trinajstić information content (AvgIpc) is 3.02. The van der Waals surface area contributed by atoms with Crippen LogP contribution in [0.25, 0.3) is 11.0 Å². The van der Waals surface area contributed by atoms with Gasteiger partial charge in [0, 0.05) is 26.1 Å². The lowest BCUT2D eigenvalue weighted by Crippen LogP contribution is -2.51. The van der Waals surface area contributed by atoms with E-state index in [9.17, 15) is 14.0 Å². The number of benzene rings is 2. The van der Waals surface area contributed by atoms with Gasteiger partial charge in [-0.25, -0.2) is 14.2 Å². The minimum Gasteiger partial charge on any atom is -0.449 e. The number of cyclic esters (lactones) is 1. The Morgan fingerprint density at radius 3 is 2.83 bits per heavy atom. The molecule has 7 nitrogen and oxygen atoms in total. The van der Waals surface area contributed by atoms with Crippen molar-refractivity contribution in [1.29, 1.82) is 0 Å². The fourth-order valence-corrected chi connectivity index (χ4v) is 3.51. The molecule has 1 atom stereocenters. The quantitative estimate of drug-likeness (QED) is 0.719. The van der Waals surface area contributed by atoms with Gasteiger partial charge in [0.25, 0.3) is 0 Å². The molecule has 0 aliphatic carbocycles.